The lowest BCUT2D eigenvalue weighted by Crippen LogP contribution is -2.56. The normalized spacial score (nSPS) is 42.0. The molecule has 1 fully saturated rings. The Bertz CT molecular complexity index is 175. The predicted molar refractivity (Wildman–Crippen MR) is 47.2 cm³/mol. The molecule has 1 aliphatic rings. The summed E-state index contributed by atoms with van der Waals surface area (Å²) in [7, 11) is 0. The maximum atomic E-state index is 9.61. The molecule has 4 heteroatoms. The number of hydrogen-bond acceptors (Lipinski definition) is 4. The van der Waals surface area contributed by atoms with E-state index in [1.165, 1.54) is 0 Å². The molecule has 1 aliphatic heterocycles. The van der Waals surface area contributed by atoms with Crippen LogP contribution in [0.1, 0.15) is 20.8 Å². The zero-order chi connectivity index (χ0) is 10.2. The summed E-state index contributed by atoms with van der Waals surface area (Å²) in [6.45, 7) is 5.85. The van der Waals surface area contributed by atoms with Crippen molar-refractivity contribution in [1.29, 1.82) is 0 Å². The molecule has 4 nitrogen and oxygen atoms in total. The van der Waals surface area contributed by atoms with Gasteiger partial charge >= 0.3 is 0 Å². The molecule has 13 heavy (non-hydrogen) atoms. The van der Waals surface area contributed by atoms with Gasteiger partial charge in [-0.3, -0.25) is 0 Å². The standard InChI is InChI=1S/C9H18O4/c1-9(2,3)8-7(12)6(11)5(10)4-13-8/h5-8,10-12H,4H2,1-3H3/t5-,6?,7-,8+/m0/s1. The molecule has 1 heterocycles. The predicted octanol–water partition coefficient (Wildman–Crippen LogP) is -0.486. The van der Waals surface area contributed by atoms with E-state index in [9.17, 15) is 15.3 Å². The lowest BCUT2D eigenvalue weighted by molar-refractivity contribution is -0.211. The first-order chi connectivity index (χ1) is 5.84. The Morgan fingerprint density at radius 1 is 1.08 bits per heavy atom. The fourth-order valence-electron chi connectivity index (χ4n) is 1.57. The van der Waals surface area contributed by atoms with Crippen molar-refractivity contribution in [2.24, 2.45) is 5.41 Å². The van der Waals surface area contributed by atoms with E-state index in [0.717, 1.165) is 0 Å². The number of hydrogen-bond donors (Lipinski definition) is 3. The maximum absolute atomic E-state index is 9.61. The summed E-state index contributed by atoms with van der Waals surface area (Å²) in [5.41, 5.74) is -0.236. The average Bonchev–Trinajstić information content (AvgIpc) is 1.98. The Labute approximate surface area is 78.1 Å². The Kier molecular flexibility index (Phi) is 2.97. The molecule has 0 aliphatic carbocycles. The van der Waals surface area contributed by atoms with Crippen molar-refractivity contribution in [1.82, 2.24) is 0 Å². The van der Waals surface area contributed by atoms with Crippen molar-refractivity contribution in [3.63, 3.8) is 0 Å². The van der Waals surface area contributed by atoms with Crippen LogP contribution in [0.3, 0.4) is 0 Å². The van der Waals surface area contributed by atoms with Crippen molar-refractivity contribution < 1.29 is 20.1 Å². The minimum Gasteiger partial charge on any atom is -0.388 e. The number of aliphatic hydroxyl groups excluding tert-OH is 3. The minimum absolute atomic E-state index is 0.0835. The highest BCUT2D eigenvalue weighted by molar-refractivity contribution is 4.92. The largest absolute Gasteiger partial charge is 0.388 e. The van der Waals surface area contributed by atoms with Crippen LogP contribution in [0.4, 0.5) is 0 Å². The molecule has 4 atom stereocenters. The van der Waals surface area contributed by atoms with Crippen LogP contribution in [0.25, 0.3) is 0 Å². The fourth-order valence-corrected chi connectivity index (χ4v) is 1.57. The van der Waals surface area contributed by atoms with Crippen LogP contribution in [-0.2, 0) is 4.74 Å². The van der Waals surface area contributed by atoms with Crippen molar-refractivity contribution in [3.05, 3.63) is 0 Å². The quantitative estimate of drug-likeness (QED) is 0.482. The molecule has 3 N–H and O–H groups in total. The highest BCUT2D eigenvalue weighted by Gasteiger charge is 2.42. The van der Waals surface area contributed by atoms with Crippen LogP contribution in [0.5, 0.6) is 0 Å². The lowest BCUT2D eigenvalue weighted by Gasteiger charge is -2.41. The van der Waals surface area contributed by atoms with Gasteiger partial charge in [-0.1, -0.05) is 20.8 Å². The Hall–Kier alpha value is -0.160. The van der Waals surface area contributed by atoms with Crippen LogP contribution < -0.4 is 0 Å². The molecular formula is C9H18O4. The van der Waals surface area contributed by atoms with E-state index in [2.05, 4.69) is 0 Å². The molecule has 0 aromatic heterocycles. The molecule has 0 aromatic rings. The molecule has 1 unspecified atom stereocenters. The maximum Gasteiger partial charge on any atom is 0.111 e. The van der Waals surface area contributed by atoms with Crippen molar-refractivity contribution in [2.45, 2.75) is 45.2 Å². The molecule has 0 amide bonds. The van der Waals surface area contributed by atoms with Gasteiger partial charge in [-0.2, -0.15) is 0 Å². The second kappa shape index (κ2) is 3.53. The second-order valence-electron chi connectivity index (χ2n) is 4.67. The van der Waals surface area contributed by atoms with E-state index in [0.29, 0.717) is 0 Å². The average molecular weight is 190 g/mol. The first kappa shape index (κ1) is 10.9. The van der Waals surface area contributed by atoms with Gasteiger partial charge in [-0.05, 0) is 5.41 Å². The van der Waals surface area contributed by atoms with Crippen molar-refractivity contribution in [2.75, 3.05) is 6.61 Å². The lowest BCUT2D eigenvalue weighted by atomic mass is 9.81. The molecule has 0 saturated carbocycles. The highest BCUT2D eigenvalue weighted by Crippen LogP contribution is 2.30. The van der Waals surface area contributed by atoms with Gasteiger partial charge in [0.25, 0.3) is 0 Å². The van der Waals surface area contributed by atoms with Crippen molar-refractivity contribution in [3.8, 4) is 0 Å². The number of aliphatic hydroxyl groups is 3. The Morgan fingerprint density at radius 2 is 1.62 bits per heavy atom. The van der Waals surface area contributed by atoms with E-state index in [4.69, 9.17) is 4.74 Å². The van der Waals surface area contributed by atoms with Gasteiger partial charge in [0.1, 0.15) is 18.3 Å². The van der Waals surface area contributed by atoms with E-state index in [-0.39, 0.29) is 12.0 Å². The van der Waals surface area contributed by atoms with E-state index < -0.39 is 24.4 Å². The molecule has 78 valence electrons. The van der Waals surface area contributed by atoms with E-state index in [1.807, 2.05) is 20.8 Å². The van der Waals surface area contributed by atoms with Crippen LogP contribution in [-0.4, -0.2) is 46.3 Å². The van der Waals surface area contributed by atoms with Gasteiger partial charge in [-0.25, -0.2) is 0 Å². The minimum atomic E-state index is -1.10. The highest BCUT2D eigenvalue weighted by atomic mass is 16.5. The molecule has 1 rings (SSSR count). The van der Waals surface area contributed by atoms with Gasteiger partial charge in [0.2, 0.25) is 0 Å². The van der Waals surface area contributed by atoms with Gasteiger partial charge in [-0.15, -0.1) is 0 Å². The molecule has 0 radical (unpaired) electrons. The fraction of sp³-hybridized carbons (Fsp3) is 1.00. The second-order valence-corrected chi connectivity index (χ2v) is 4.67. The Balaban J connectivity index is 2.70. The third-order valence-corrected chi connectivity index (χ3v) is 2.35. The third-order valence-electron chi connectivity index (χ3n) is 2.35. The first-order valence-electron chi connectivity index (χ1n) is 4.50. The molecule has 1 saturated heterocycles. The topological polar surface area (TPSA) is 69.9 Å². The third kappa shape index (κ3) is 2.20. The van der Waals surface area contributed by atoms with Crippen LogP contribution in [0.2, 0.25) is 0 Å². The van der Waals surface area contributed by atoms with E-state index in [1.54, 1.807) is 0 Å². The van der Waals surface area contributed by atoms with Crippen LogP contribution >= 0.6 is 0 Å². The smallest absolute Gasteiger partial charge is 0.111 e. The van der Waals surface area contributed by atoms with Crippen LogP contribution in [0, 0.1) is 5.41 Å². The summed E-state index contributed by atoms with van der Waals surface area (Å²) in [6.07, 6.45) is -3.51. The molecule has 0 aromatic carbocycles. The summed E-state index contributed by atoms with van der Waals surface area (Å²) < 4.78 is 5.28. The Morgan fingerprint density at radius 3 is 2.08 bits per heavy atom. The zero-order valence-corrected chi connectivity index (χ0v) is 8.27. The van der Waals surface area contributed by atoms with Gasteiger partial charge in [0, 0.05) is 0 Å². The van der Waals surface area contributed by atoms with Crippen molar-refractivity contribution >= 4 is 0 Å². The van der Waals surface area contributed by atoms with Gasteiger partial charge < -0.3 is 20.1 Å². The SMILES string of the molecule is CC(C)(C)[C@@H]1OC[C@H](O)C(O)[C@@H]1O. The molecule has 0 bridgehead atoms. The first-order valence-corrected chi connectivity index (χ1v) is 4.50. The summed E-state index contributed by atoms with van der Waals surface area (Å²) in [5, 5.41) is 28.2. The monoisotopic (exact) mass is 190 g/mol. The zero-order valence-electron chi connectivity index (χ0n) is 8.27. The van der Waals surface area contributed by atoms with E-state index >= 15 is 0 Å². The van der Waals surface area contributed by atoms with Gasteiger partial charge in [0.05, 0.1) is 12.7 Å². The molecular weight excluding hydrogens is 172 g/mol. The summed E-state index contributed by atoms with van der Waals surface area (Å²) in [6, 6.07) is 0. The summed E-state index contributed by atoms with van der Waals surface area (Å²) >= 11 is 0. The molecule has 0 spiro atoms. The van der Waals surface area contributed by atoms with Crippen LogP contribution in [0.15, 0.2) is 0 Å². The van der Waals surface area contributed by atoms with Gasteiger partial charge in [0.15, 0.2) is 0 Å². The summed E-state index contributed by atoms with van der Waals surface area (Å²) in [4.78, 5) is 0. The number of ether oxygens (including phenoxy) is 1. The summed E-state index contributed by atoms with van der Waals surface area (Å²) in [5.74, 6) is 0. The number of rotatable bonds is 0.